The Labute approximate surface area is 167 Å². The molecule has 0 spiro atoms. The highest BCUT2D eigenvalue weighted by molar-refractivity contribution is 7.98. The zero-order valence-corrected chi connectivity index (χ0v) is 17.0. The number of primary amides is 1. The zero-order chi connectivity index (χ0) is 21.9. The molecule has 0 aliphatic carbocycles. The van der Waals surface area contributed by atoms with E-state index in [-0.39, 0.29) is 12.8 Å². The molecule has 0 saturated carbocycles. The number of hydrogen-bond acceptors (Lipinski definition) is 7. The van der Waals surface area contributed by atoms with Crippen LogP contribution in [0, 0.1) is 0 Å². The molecule has 0 aromatic heterocycles. The molecule has 4 unspecified atom stereocenters. The maximum Gasteiger partial charge on any atom is 0.325 e. The second-order valence-electron chi connectivity index (χ2n) is 6.25. The number of hydrogen-bond donors (Lipinski definition) is 6. The lowest BCUT2D eigenvalue weighted by Gasteiger charge is -2.22. The molecule has 12 heteroatoms. The summed E-state index contributed by atoms with van der Waals surface area (Å²) in [7, 11) is 0. The molecule has 0 rings (SSSR count). The maximum atomic E-state index is 12.3. The van der Waals surface area contributed by atoms with Crippen LogP contribution in [0.5, 0.6) is 0 Å². The lowest BCUT2D eigenvalue weighted by atomic mass is 10.1. The van der Waals surface area contributed by atoms with E-state index >= 15 is 0 Å². The third-order valence-electron chi connectivity index (χ3n) is 3.76. The number of thioether (sulfide) groups is 1. The van der Waals surface area contributed by atoms with Crippen LogP contribution in [0.15, 0.2) is 0 Å². The average Bonchev–Trinajstić information content (AvgIpc) is 2.61. The largest absolute Gasteiger partial charge is 0.480 e. The summed E-state index contributed by atoms with van der Waals surface area (Å²) in [6.07, 6.45) is 2.01. The van der Waals surface area contributed by atoms with E-state index in [0.717, 1.165) is 0 Å². The van der Waals surface area contributed by atoms with E-state index < -0.39 is 53.8 Å². The van der Waals surface area contributed by atoms with Gasteiger partial charge in [-0.25, -0.2) is 0 Å². The molecule has 0 aromatic carbocycles. The smallest absolute Gasteiger partial charge is 0.325 e. The number of carboxylic acids is 1. The van der Waals surface area contributed by atoms with Crippen LogP contribution in [0.4, 0.5) is 0 Å². The number of rotatable bonds is 13. The number of carbonyl (C=O) groups is 5. The maximum absolute atomic E-state index is 12.3. The fourth-order valence-electron chi connectivity index (χ4n) is 1.99. The van der Waals surface area contributed by atoms with Crippen LogP contribution in [0.25, 0.3) is 0 Å². The number of nitrogens with one attached hydrogen (secondary N) is 3. The predicted molar refractivity (Wildman–Crippen MR) is 104 cm³/mol. The van der Waals surface area contributed by atoms with E-state index in [9.17, 15) is 24.0 Å². The summed E-state index contributed by atoms with van der Waals surface area (Å²) >= 11 is 1.54. The highest BCUT2D eigenvalue weighted by Gasteiger charge is 2.27. The van der Waals surface area contributed by atoms with Gasteiger partial charge in [0.1, 0.15) is 18.1 Å². The van der Waals surface area contributed by atoms with E-state index in [1.54, 1.807) is 0 Å². The molecule has 0 bridgehead atoms. The van der Waals surface area contributed by atoms with Gasteiger partial charge < -0.3 is 32.5 Å². The topological polar surface area (TPSA) is 194 Å². The normalized spacial score (nSPS) is 14.9. The van der Waals surface area contributed by atoms with E-state index in [1.165, 1.54) is 25.6 Å². The summed E-state index contributed by atoms with van der Waals surface area (Å²) in [4.78, 5) is 58.4. The molecule has 11 nitrogen and oxygen atoms in total. The summed E-state index contributed by atoms with van der Waals surface area (Å²) < 4.78 is 0. The van der Waals surface area contributed by atoms with Gasteiger partial charge in [0.05, 0.1) is 6.04 Å². The Morgan fingerprint density at radius 1 is 0.929 bits per heavy atom. The number of carboxylic acid groups (broad SMARTS) is 1. The van der Waals surface area contributed by atoms with Gasteiger partial charge in [0.2, 0.25) is 23.6 Å². The highest BCUT2D eigenvalue weighted by atomic mass is 32.2. The van der Waals surface area contributed by atoms with Gasteiger partial charge in [-0.3, -0.25) is 24.0 Å². The summed E-state index contributed by atoms with van der Waals surface area (Å²) in [6.45, 7) is 2.67. The molecule has 4 amide bonds. The predicted octanol–water partition coefficient (Wildman–Crippen LogP) is -2.09. The van der Waals surface area contributed by atoms with Crippen molar-refractivity contribution in [1.82, 2.24) is 16.0 Å². The number of nitrogens with two attached hydrogens (primary N) is 2. The van der Waals surface area contributed by atoms with Gasteiger partial charge in [0.15, 0.2) is 0 Å². The summed E-state index contributed by atoms with van der Waals surface area (Å²) in [5.41, 5.74) is 10.8. The van der Waals surface area contributed by atoms with Crippen LogP contribution in [-0.2, 0) is 24.0 Å². The second kappa shape index (κ2) is 12.9. The van der Waals surface area contributed by atoms with Crippen LogP contribution in [0.2, 0.25) is 0 Å². The lowest BCUT2D eigenvalue weighted by Crippen LogP contribution is -2.56. The molecule has 0 aliphatic rings. The first kappa shape index (κ1) is 25.7. The fraction of sp³-hybridized carbons (Fsp3) is 0.688. The van der Waals surface area contributed by atoms with Crippen molar-refractivity contribution in [3.8, 4) is 0 Å². The minimum atomic E-state index is -1.26. The van der Waals surface area contributed by atoms with Gasteiger partial charge in [0.25, 0.3) is 0 Å². The number of aliphatic carboxylic acids is 1. The van der Waals surface area contributed by atoms with Crippen LogP contribution in [0.3, 0.4) is 0 Å². The molecule has 0 saturated heterocycles. The van der Waals surface area contributed by atoms with Crippen molar-refractivity contribution in [3.05, 3.63) is 0 Å². The number of amides is 4. The third kappa shape index (κ3) is 10.1. The molecule has 4 atom stereocenters. The molecule has 0 aromatic rings. The van der Waals surface area contributed by atoms with Gasteiger partial charge in [-0.05, 0) is 38.7 Å². The zero-order valence-electron chi connectivity index (χ0n) is 16.2. The Morgan fingerprint density at radius 3 is 2.00 bits per heavy atom. The Morgan fingerprint density at radius 2 is 1.50 bits per heavy atom. The summed E-state index contributed by atoms with van der Waals surface area (Å²) in [5.74, 6) is -3.22. The van der Waals surface area contributed by atoms with Crippen molar-refractivity contribution in [3.63, 3.8) is 0 Å². The van der Waals surface area contributed by atoms with Crippen molar-refractivity contribution >= 4 is 41.4 Å². The van der Waals surface area contributed by atoms with Crippen molar-refractivity contribution in [2.24, 2.45) is 11.5 Å². The second-order valence-corrected chi connectivity index (χ2v) is 7.24. The molecule has 0 radical (unpaired) electrons. The third-order valence-corrected chi connectivity index (χ3v) is 4.41. The van der Waals surface area contributed by atoms with Crippen molar-refractivity contribution < 1.29 is 29.1 Å². The molecule has 28 heavy (non-hydrogen) atoms. The highest BCUT2D eigenvalue weighted by Crippen LogP contribution is 2.02. The minimum absolute atomic E-state index is 0.118. The van der Waals surface area contributed by atoms with Crippen LogP contribution in [-0.4, -0.2) is 70.9 Å². The van der Waals surface area contributed by atoms with Gasteiger partial charge >= 0.3 is 5.97 Å². The van der Waals surface area contributed by atoms with Gasteiger partial charge in [0, 0.05) is 6.42 Å². The molecule has 0 heterocycles. The molecule has 0 fully saturated rings. The lowest BCUT2D eigenvalue weighted by molar-refractivity contribution is -0.142. The Hall–Kier alpha value is -2.34. The Balaban J connectivity index is 4.91. The van der Waals surface area contributed by atoms with E-state index in [1.807, 2.05) is 6.26 Å². The first-order valence-electron chi connectivity index (χ1n) is 8.66. The fourth-order valence-corrected chi connectivity index (χ4v) is 2.48. The molecule has 160 valence electrons. The van der Waals surface area contributed by atoms with Gasteiger partial charge in [-0.2, -0.15) is 11.8 Å². The Kier molecular flexibility index (Phi) is 11.9. The number of carbonyl (C=O) groups excluding carboxylic acids is 4. The van der Waals surface area contributed by atoms with Crippen molar-refractivity contribution in [1.29, 1.82) is 0 Å². The van der Waals surface area contributed by atoms with E-state index in [0.29, 0.717) is 12.2 Å². The quantitative estimate of drug-likeness (QED) is 0.195. The molecule has 8 N–H and O–H groups in total. The monoisotopic (exact) mass is 419 g/mol. The van der Waals surface area contributed by atoms with Crippen LogP contribution >= 0.6 is 11.8 Å². The first-order chi connectivity index (χ1) is 13.0. The minimum Gasteiger partial charge on any atom is -0.480 e. The van der Waals surface area contributed by atoms with Crippen LogP contribution < -0.4 is 27.4 Å². The van der Waals surface area contributed by atoms with Gasteiger partial charge in [-0.1, -0.05) is 0 Å². The summed E-state index contributed by atoms with van der Waals surface area (Å²) in [5, 5.41) is 15.9. The first-order valence-corrected chi connectivity index (χ1v) is 10.1. The molecular weight excluding hydrogens is 390 g/mol. The van der Waals surface area contributed by atoms with E-state index in [4.69, 9.17) is 16.6 Å². The average molecular weight is 420 g/mol. The van der Waals surface area contributed by atoms with Crippen LogP contribution in [0.1, 0.15) is 33.1 Å². The molecule has 0 aliphatic heterocycles. The summed E-state index contributed by atoms with van der Waals surface area (Å²) in [6, 6.07) is -4.14. The van der Waals surface area contributed by atoms with Crippen molar-refractivity contribution in [2.45, 2.75) is 57.3 Å². The SMILES string of the molecule is CSCCC(N)C(=O)NC(C)C(=O)NC(CCC(N)=O)C(=O)NC(C)C(=O)O. The van der Waals surface area contributed by atoms with E-state index in [2.05, 4.69) is 16.0 Å². The Bertz CT molecular complexity index is 588. The molecular formula is C16H29N5O6S. The van der Waals surface area contributed by atoms with Crippen molar-refractivity contribution in [2.75, 3.05) is 12.0 Å². The standard InChI is InChI=1S/C16H29N5O6S/c1-8(19-14(24)10(17)6-7-28-3)13(23)21-11(4-5-12(18)22)15(25)20-9(2)16(26)27/h8-11H,4-7,17H2,1-3H3,(H2,18,22)(H,19,24)(H,20,25)(H,21,23)(H,26,27). The van der Waals surface area contributed by atoms with Gasteiger partial charge in [-0.15, -0.1) is 0 Å².